The molecule has 6 nitrogen and oxygen atoms in total. The molecule has 0 N–H and O–H groups in total. The Morgan fingerprint density at radius 1 is 1.10 bits per heavy atom. The normalized spacial score (nSPS) is 14.4. The highest BCUT2D eigenvalue weighted by Gasteiger charge is 2.40. The van der Waals surface area contributed by atoms with Crippen molar-refractivity contribution in [3.05, 3.63) is 57.9 Å². The van der Waals surface area contributed by atoms with E-state index in [0.717, 1.165) is 18.4 Å². The van der Waals surface area contributed by atoms with Gasteiger partial charge in [0.2, 0.25) is 0 Å². The van der Waals surface area contributed by atoms with E-state index < -0.39 is 12.0 Å². The van der Waals surface area contributed by atoms with Gasteiger partial charge in [0.05, 0.1) is 13.2 Å². The van der Waals surface area contributed by atoms with E-state index in [4.69, 9.17) is 4.74 Å². The van der Waals surface area contributed by atoms with E-state index >= 15 is 0 Å². The zero-order valence-electron chi connectivity index (χ0n) is 17.9. The first-order valence-electron chi connectivity index (χ1n) is 9.86. The largest absolute Gasteiger partial charge is 0.464 e. The van der Waals surface area contributed by atoms with Crippen molar-refractivity contribution < 1.29 is 19.1 Å². The Morgan fingerprint density at radius 3 is 2.21 bits per heavy atom. The van der Waals surface area contributed by atoms with Crippen molar-refractivity contribution in [2.45, 2.75) is 52.6 Å². The summed E-state index contributed by atoms with van der Waals surface area (Å²) in [5.74, 6) is -0.763. The van der Waals surface area contributed by atoms with Crippen LogP contribution in [0.3, 0.4) is 0 Å². The molecule has 154 valence electrons. The summed E-state index contributed by atoms with van der Waals surface area (Å²) < 4.78 is 6.56. The molecule has 3 rings (SSSR count). The minimum absolute atomic E-state index is 0.0761. The maximum atomic E-state index is 13.5. The van der Waals surface area contributed by atoms with Gasteiger partial charge in [-0.3, -0.25) is 9.59 Å². The molecule has 1 saturated carbocycles. The molecule has 1 amide bonds. The first kappa shape index (κ1) is 20.8. The number of benzene rings is 1. The number of Topliss-reactive ketones (excluding diaryl/α,β-unsaturated/α-hetero) is 1. The van der Waals surface area contributed by atoms with Gasteiger partial charge in [-0.15, -0.1) is 0 Å². The fraction of sp³-hybridized carbons (Fsp3) is 0.435. The number of carbonyl (C=O) groups is 3. The molecule has 0 aliphatic heterocycles. The van der Waals surface area contributed by atoms with Gasteiger partial charge in [0.1, 0.15) is 5.69 Å². The number of aryl methyl sites for hydroxylation is 1. The van der Waals surface area contributed by atoms with Crippen LogP contribution in [0, 0.1) is 20.8 Å². The number of hydrogen-bond acceptors (Lipinski definition) is 4. The Kier molecular flexibility index (Phi) is 5.64. The average molecular weight is 396 g/mol. The van der Waals surface area contributed by atoms with E-state index in [1.807, 2.05) is 26.0 Å². The van der Waals surface area contributed by atoms with Gasteiger partial charge in [0.15, 0.2) is 5.78 Å². The van der Waals surface area contributed by atoms with Gasteiger partial charge in [0, 0.05) is 29.9 Å². The molecule has 0 radical (unpaired) electrons. The number of carbonyl (C=O) groups excluding carboxylic acids is 3. The predicted octanol–water partition coefficient (Wildman–Crippen LogP) is 3.61. The molecule has 0 bridgehead atoms. The first-order chi connectivity index (χ1) is 13.7. The van der Waals surface area contributed by atoms with Crippen LogP contribution in [0.2, 0.25) is 0 Å². The zero-order valence-corrected chi connectivity index (χ0v) is 17.9. The van der Waals surface area contributed by atoms with E-state index in [1.165, 1.54) is 7.11 Å². The number of ketones is 1. The number of amides is 1. The van der Waals surface area contributed by atoms with Gasteiger partial charge >= 0.3 is 5.97 Å². The summed E-state index contributed by atoms with van der Waals surface area (Å²) in [6.07, 6.45) is 1.80. The molecule has 29 heavy (non-hydrogen) atoms. The molecule has 1 aliphatic rings. The smallest absolute Gasteiger partial charge is 0.354 e. The van der Waals surface area contributed by atoms with Crippen LogP contribution >= 0.6 is 0 Å². The lowest BCUT2D eigenvalue weighted by Gasteiger charge is -2.29. The monoisotopic (exact) mass is 396 g/mol. The Morgan fingerprint density at radius 2 is 1.69 bits per heavy atom. The highest BCUT2D eigenvalue weighted by atomic mass is 16.5. The summed E-state index contributed by atoms with van der Waals surface area (Å²) in [5.41, 5.74) is 3.80. The molecule has 1 heterocycles. The third-order valence-electron chi connectivity index (χ3n) is 5.83. The lowest BCUT2D eigenvalue weighted by molar-refractivity contribution is 0.0587. The van der Waals surface area contributed by atoms with Crippen LogP contribution < -0.4 is 0 Å². The SMILES string of the molecule is COC(=O)c1c(C)c(C(=O)C(C)N(C(=O)c2ccc(C)cc2)C2CC2)c(C)n1C. The maximum Gasteiger partial charge on any atom is 0.354 e. The van der Waals surface area contributed by atoms with Crippen LogP contribution in [0.1, 0.15) is 67.8 Å². The highest BCUT2D eigenvalue weighted by molar-refractivity contribution is 6.07. The first-order valence-corrected chi connectivity index (χ1v) is 9.86. The van der Waals surface area contributed by atoms with Gasteiger partial charge in [-0.2, -0.15) is 0 Å². The van der Waals surface area contributed by atoms with Crippen LogP contribution in [0.25, 0.3) is 0 Å². The van der Waals surface area contributed by atoms with Crippen molar-refractivity contribution in [1.82, 2.24) is 9.47 Å². The third-order valence-corrected chi connectivity index (χ3v) is 5.83. The molecule has 1 fully saturated rings. The summed E-state index contributed by atoms with van der Waals surface area (Å²) in [4.78, 5) is 40.5. The number of methoxy groups -OCH3 is 1. The predicted molar refractivity (Wildman–Crippen MR) is 110 cm³/mol. The minimum atomic E-state index is -0.624. The third kappa shape index (κ3) is 3.71. The van der Waals surface area contributed by atoms with Gasteiger partial charge in [0.25, 0.3) is 5.91 Å². The molecule has 1 aromatic carbocycles. The average Bonchev–Trinajstić information content (AvgIpc) is 3.49. The van der Waals surface area contributed by atoms with Gasteiger partial charge < -0.3 is 14.2 Å². The van der Waals surface area contributed by atoms with Crippen molar-refractivity contribution in [2.24, 2.45) is 7.05 Å². The fourth-order valence-corrected chi connectivity index (χ4v) is 3.92. The molecule has 0 saturated heterocycles. The Labute approximate surface area is 171 Å². The minimum Gasteiger partial charge on any atom is -0.464 e. The standard InChI is InChI=1S/C23H28N2O4/c1-13-7-9-17(10-8-13)22(27)25(18-11-12-18)16(4)21(26)19-14(2)20(23(28)29-6)24(5)15(19)3/h7-10,16,18H,11-12H2,1-6H3. The van der Waals surface area contributed by atoms with E-state index in [-0.39, 0.29) is 17.7 Å². The Balaban J connectivity index is 1.97. The van der Waals surface area contributed by atoms with Gasteiger partial charge in [-0.1, -0.05) is 17.7 Å². The second kappa shape index (κ2) is 7.85. The summed E-state index contributed by atoms with van der Waals surface area (Å²) in [6, 6.07) is 6.86. The number of esters is 1. The number of nitrogens with zero attached hydrogens (tertiary/aromatic N) is 2. The van der Waals surface area contributed by atoms with Crippen molar-refractivity contribution in [1.29, 1.82) is 0 Å². The van der Waals surface area contributed by atoms with Crippen LogP contribution in [-0.4, -0.2) is 46.3 Å². The van der Waals surface area contributed by atoms with Crippen molar-refractivity contribution in [3.63, 3.8) is 0 Å². The molecule has 2 aromatic rings. The molecule has 1 aromatic heterocycles. The second-order valence-electron chi connectivity index (χ2n) is 7.83. The topological polar surface area (TPSA) is 68.6 Å². The summed E-state index contributed by atoms with van der Waals surface area (Å²) in [7, 11) is 3.06. The molecular weight excluding hydrogens is 368 g/mol. The van der Waals surface area contributed by atoms with E-state index in [0.29, 0.717) is 28.1 Å². The summed E-state index contributed by atoms with van der Waals surface area (Å²) in [6.45, 7) is 7.31. The fourth-order valence-electron chi connectivity index (χ4n) is 3.92. The number of aromatic nitrogens is 1. The van der Waals surface area contributed by atoms with Crippen LogP contribution in [0.4, 0.5) is 0 Å². The quantitative estimate of drug-likeness (QED) is 0.552. The molecule has 1 unspecified atom stereocenters. The molecule has 0 spiro atoms. The van der Waals surface area contributed by atoms with Gasteiger partial charge in [-0.05, 0) is 58.2 Å². The highest BCUT2D eigenvalue weighted by Crippen LogP contribution is 2.32. The second-order valence-corrected chi connectivity index (χ2v) is 7.83. The van der Waals surface area contributed by atoms with Crippen molar-refractivity contribution in [2.75, 3.05) is 7.11 Å². The van der Waals surface area contributed by atoms with Crippen LogP contribution in [0.5, 0.6) is 0 Å². The molecule has 1 aliphatic carbocycles. The van der Waals surface area contributed by atoms with E-state index in [9.17, 15) is 14.4 Å². The number of rotatable bonds is 6. The lowest BCUT2D eigenvalue weighted by Crippen LogP contribution is -2.45. The lowest BCUT2D eigenvalue weighted by atomic mass is 9.99. The van der Waals surface area contributed by atoms with E-state index in [2.05, 4.69) is 0 Å². The molecular formula is C23H28N2O4. The van der Waals surface area contributed by atoms with Crippen LogP contribution in [0.15, 0.2) is 24.3 Å². The van der Waals surface area contributed by atoms with Crippen LogP contribution in [-0.2, 0) is 11.8 Å². The zero-order chi connectivity index (χ0) is 21.5. The summed E-state index contributed by atoms with van der Waals surface area (Å²) >= 11 is 0. The number of hydrogen-bond donors (Lipinski definition) is 0. The molecule has 6 heteroatoms. The van der Waals surface area contributed by atoms with Crippen molar-refractivity contribution in [3.8, 4) is 0 Å². The Hall–Kier alpha value is -2.89. The summed E-state index contributed by atoms with van der Waals surface area (Å²) in [5, 5.41) is 0. The van der Waals surface area contributed by atoms with E-state index in [1.54, 1.807) is 42.5 Å². The van der Waals surface area contributed by atoms with Crippen molar-refractivity contribution >= 4 is 17.7 Å². The number of ether oxygens (including phenoxy) is 1. The van der Waals surface area contributed by atoms with Gasteiger partial charge in [-0.25, -0.2) is 4.79 Å². The molecule has 1 atom stereocenters. The Bertz CT molecular complexity index is 968. The maximum absolute atomic E-state index is 13.5.